The topological polar surface area (TPSA) is 70.3 Å². The van der Waals surface area contributed by atoms with Crippen LogP contribution in [0.4, 0.5) is 0 Å². The molecule has 0 aliphatic rings. The Labute approximate surface area is 71.8 Å². The first-order valence-corrected chi connectivity index (χ1v) is 3.69. The van der Waals surface area contributed by atoms with Crippen LogP contribution in [0, 0.1) is 16.7 Å². The van der Waals surface area contributed by atoms with Crippen molar-refractivity contribution in [2.45, 2.75) is 20.3 Å². The van der Waals surface area contributed by atoms with Gasteiger partial charge in [0.1, 0.15) is 6.61 Å². The lowest BCUT2D eigenvalue weighted by molar-refractivity contribution is -0.142. The first-order chi connectivity index (χ1) is 5.48. The molecule has 0 aliphatic heterocycles. The van der Waals surface area contributed by atoms with Gasteiger partial charge in [0, 0.05) is 6.61 Å². The molecule has 0 aliphatic carbocycles. The van der Waals surface area contributed by atoms with Crippen molar-refractivity contribution in [2.75, 3.05) is 13.2 Å². The lowest BCUT2D eigenvalue weighted by Crippen LogP contribution is -2.14. The molecule has 0 rings (SSSR count). The fourth-order valence-electron chi connectivity index (χ4n) is 0.543. The zero-order valence-corrected chi connectivity index (χ0v) is 7.33. The highest BCUT2D eigenvalue weighted by atomic mass is 16.5. The van der Waals surface area contributed by atoms with Crippen molar-refractivity contribution in [1.29, 1.82) is 5.26 Å². The van der Waals surface area contributed by atoms with Crippen LogP contribution >= 0.6 is 0 Å². The van der Waals surface area contributed by atoms with E-state index in [0.717, 1.165) is 0 Å². The summed E-state index contributed by atoms with van der Waals surface area (Å²) in [6.45, 7) is 3.60. The molecule has 0 radical (unpaired) electrons. The second-order valence-corrected chi connectivity index (χ2v) is 3.19. The van der Waals surface area contributed by atoms with E-state index in [2.05, 4.69) is 6.07 Å². The number of hydrogen-bond donors (Lipinski definition) is 1. The highest BCUT2D eigenvalue weighted by molar-refractivity contribution is 5.67. The summed E-state index contributed by atoms with van der Waals surface area (Å²) in [7, 11) is 0. The molecule has 0 atom stereocenters. The summed E-state index contributed by atoms with van der Waals surface area (Å²) < 4.78 is 4.78. The molecule has 0 aromatic carbocycles. The normalized spacial score (nSPS) is 10.8. The first kappa shape index (κ1) is 10.9. The Morgan fingerprint density at radius 3 is 2.67 bits per heavy atom. The van der Waals surface area contributed by atoms with Gasteiger partial charge in [0.25, 0.3) is 0 Å². The minimum Gasteiger partial charge on any atom is -0.480 e. The summed E-state index contributed by atoms with van der Waals surface area (Å²) in [5, 5.41) is 16.8. The third-order valence-corrected chi connectivity index (χ3v) is 1.40. The van der Waals surface area contributed by atoms with Gasteiger partial charge in [-0.25, -0.2) is 4.79 Å². The number of carboxylic acid groups (broad SMARTS) is 1. The Kier molecular flexibility index (Phi) is 4.30. The van der Waals surface area contributed by atoms with Crippen LogP contribution in [0.3, 0.4) is 0 Å². The smallest absolute Gasteiger partial charge is 0.329 e. The van der Waals surface area contributed by atoms with Crippen LogP contribution in [0.2, 0.25) is 0 Å². The van der Waals surface area contributed by atoms with Crippen LogP contribution in [-0.4, -0.2) is 24.3 Å². The van der Waals surface area contributed by atoms with Crippen LogP contribution in [0.25, 0.3) is 0 Å². The molecule has 68 valence electrons. The van der Waals surface area contributed by atoms with E-state index >= 15 is 0 Å². The summed E-state index contributed by atoms with van der Waals surface area (Å²) in [6, 6.07) is 2.10. The Bertz CT molecular complexity index is 193. The number of nitrogens with zero attached hydrogens (tertiary/aromatic N) is 1. The second kappa shape index (κ2) is 4.73. The van der Waals surface area contributed by atoms with E-state index in [1.165, 1.54) is 0 Å². The van der Waals surface area contributed by atoms with Gasteiger partial charge in [0.05, 0.1) is 11.5 Å². The third-order valence-electron chi connectivity index (χ3n) is 1.40. The van der Waals surface area contributed by atoms with Crippen molar-refractivity contribution >= 4 is 5.97 Å². The van der Waals surface area contributed by atoms with Crippen molar-refractivity contribution < 1.29 is 14.6 Å². The number of rotatable bonds is 5. The van der Waals surface area contributed by atoms with Crippen LogP contribution in [-0.2, 0) is 9.53 Å². The average Bonchev–Trinajstić information content (AvgIpc) is 1.98. The molecular formula is C8H13NO3. The molecule has 0 bridgehead atoms. The van der Waals surface area contributed by atoms with Gasteiger partial charge in [-0.3, -0.25) is 0 Å². The molecule has 0 unspecified atom stereocenters. The van der Waals surface area contributed by atoms with Gasteiger partial charge in [-0.05, 0) is 20.3 Å². The van der Waals surface area contributed by atoms with Gasteiger partial charge in [-0.2, -0.15) is 5.26 Å². The van der Waals surface area contributed by atoms with Crippen molar-refractivity contribution in [3.8, 4) is 6.07 Å². The maximum atomic E-state index is 10.0. The highest BCUT2D eigenvalue weighted by Gasteiger charge is 2.15. The van der Waals surface area contributed by atoms with Crippen LogP contribution < -0.4 is 0 Å². The number of aliphatic carboxylic acids is 1. The lowest BCUT2D eigenvalue weighted by atomic mass is 9.92. The first-order valence-electron chi connectivity index (χ1n) is 3.69. The summed E-state index contributed by atoms with van der Waals surface area (Å²) in [6.07, 6.45) is 0.552. The van der Waals surface area contributed by atoms with Crippen molar-refractivity contribution in [1.82, 2.24) is 0 Å². The van der Waals surface area contributed by atoms with E-state index in [-0.39, 0.29) is 6.61 Å². The quantitative estimate of drug-likeness (QED) is 0.627. The summed E-state index contributed by atoms with van der Waals surface area (Å²) in [4.78, 5) is 10.0. The van der Waals surface area contributed by atoms with Crippen LogP contribution in [0.5, 0.6) is 0 Å². The van der Waals surface area contributed by atoms with E-state index in [1.807, 2.05) is 0 Å². The molecule has 0 saturated carbocycles. The second-order valence-electron chi connectivity index (χ2n) is 3.19. The fourth-order valence-corrected chi connectivity index (χ4v) is 0.543. The molecule has 0 spiro atoms. The Morgan fingerprint density at radius 2 is 2.25 bits per heavy atom. The largest absolute Gasteiger partial charge is 0.480 e. The van der Waals surface area contributed by atoms with E-state index in [1.54, 1.807) is 13.8 Å². The van der Waals surface area contributed by atoms with Gasteiger partial charge >= 0.3 is 5.97 Å². The molecule has 1 N–H and O–H groups in total. The SMILES string of the molecule is CC(C)(C#N)CCOCC(=O)O. The molecule has 12 heavy (non-hydrogen) atoms. The minimum absolute atomic E-state index is 0.290. The lowest BCUT2D eigenvalue weighted by Gasteiger charge is -2.13. The number of hydrogen-bond acceptors (Lipinski definition) is 3. The van der Waals surface area contributed by atoms with Gasteiger partial charge in [0.2, 0.25) is 0 Å². The Hall–Kier alpha value is -1.08. The Morgan fingerprint density at radius 1 is 1.67 bits per heavy atom. The molecule has 0 heterocycles. The maximum Gasteiger partial charge on any atom is 0.329 e. The van der Waals surface area contributed by atoms with Gasteiger partial charge in [0.15, 0.2) is 0 Å². The fraction of sp³-hybridized carbons (Fsp3) is 0.750. The van der Waals surface area contributed by atoms with Crippen LogP contribution in [0.1, 0.15) is 20.3 Å². The third kappa shape index (κ3) is 5.69. The number of carboxylic acids is 1. The highest BCUT2D eigenvalue weighted by Crippen LogP contribution is 2.17. The Balaban J connectivity index is 3.45. The van der Waals surface area contributed by atoms with Crippen molar-refractivity contribution in [2.24, 2.45) is 5.41 Å². The van der Waals surface area contributed by atoms with Gasteiger partial charge in [-0.1, -0.05) is 0 Å². The molecule has 0 aromatic rings. The standard InChI is InChI=1S/C8H13NO3/c1-8(2,6-9)3-4-12-5-7(10)11/h3-5H2,1-2H3,(H,10,11). The zero-order valence-electron chi connectivity index (χ0n) is 7.33. The molecule has 0 aromatic heterocycles. The molecule has 4 nitrogen and oxygen atoms in total. The molecule has 4 heteroatoms. The molecular weight excluding hydrogens is 158 g/mol. The number of ether oxygens (including phenoxy) is 1. The van der Waals surface area contributed by atoms with E-state index in [9.17, 15) is 4.79 Å². The number of carbonyl (C=O) groups is 1. The zero-order chi connectivity index (χ0) is 9.61. The summed E-state index contributed by atoms with van der Waals surface area (Å²) in [5.41, 5.74) is -0.432. The van der Waals surface area contributed by atoms with E-state index < -0.39 is 11.4 Å². The minimum atomic E-state index is -0.982. The maximum absolute atomic E-state index is 10.0. The average molecular weight is 171 g/mol. The van der Waals surface area contributed by atoms with Crippen molar-refractivity contribution in [3.05, 3.63) is 0 Å². The predicted molar refractivity (Wildman–Crippen MR) is 42.5 cm³/mol. The summed E-state index contributed by atoms with van der Waals surface area (Å²) in [5.74, 6) is -0.982. The molecule has 0 saturated heterocycles. The predicted octanol–water partition coefficient (Wildman–Crippen LogP) is 1.03. The van der Waals surface area contributed by atoms with Crippen LogP contribution in [0.15, 0.2) is 0 Å². The molecule has 0 fully saturated rings. The van der Waals surface area contributed by atoms with Crippen molar-refractivity contribution in [3.63, 3.8) is 0 Å². The monoisotopic (exact) mass is 171 g/mol. The van der Waals surface area contributed by atoms with E-state index in [0.29, 0.717) is 13.0 Å². The number of nitriles is 1. The van der Waals surface area contributed by atoms with Gasteiger partial charge in [-0.15, -0.1) is 0 Å². The van der Waals surface area contributed by atoms with Gasteiger partial charge < -0.3 is 9.84 Å². The summed E-state index contributed by atoms with van der Waals surface area (Å²) >= 11 is 0. The van der Waals surface area contributed by atoms with E-state index in [4.69, 9.17) is 15.1 Å². The molecule has 0 amide bonds.